The first kappa shape index (κ1) is 36.0. The van der Waals surface area contributed by atoms with Gasteiger partial charge in [-0.2, -0.15) is 37.4 Å². The average molecular weight is 811 g/mol. The fourth-order valence-electron chi connectivity index (χ4n) is 4.06. The molecule has 6 aromatic rings. The molecule has 0 spiro atoms. The molecule has 7 nitrogen and oxygen atoms in total. The molecule has 0 bridgehead atoms. The van der Waals surface area contributed by atoms with Crippen molar-refractivity contribution in [1.82, 2.24) is 24.3 Å². The first-order chi connectivity index (χ1) is 21.3. The number of benzene rings is 2. The first-order valence-corrected chi connectivity index (χ1v) is 13.5. The second-order valence-corrected chi connectivity index (χ2v) is 9.94. The summed E-state index contributed by atoms with van der Waals surface area (Å²) < 4.78 is 70.0. The van der Waals surface area contributed by atoms with Crippen molar-refractivity contribution in [2.45, 2.75) is 33.9 Å². The van der Waals surface area contributed by atoms with Crippen LogP contribution in [0.4, 0.5) is 22.0 Å². The van der Waals surface area contributed by atoms with Gasteiger partial charge in [0.2, 0.25) is 12.7 Å². The molecule has 0 saturated heterocycles. The van der Waals surface area contributed by atoms with Crippen molar-refractivity contribution in [2.75, 3.05) is 0 Å². The van der Waals surface area contributed by atoms with Crippen LogP contribution in [0.15, 0.2) is 66.9 Å². The Balaban J connectivity index is 0.000000186. The third kappa shape index (κ3) is 8.61. The van der Waals surface area contributed by atoms with E-state index in [1.54, 1.807) is 39.5 Å². The van der Waals surface area contributed by atoms with Gasteiger partial charge < -0.3 is 28.5 Å². The van der Waals surface area contributed by atoms with Crippen molar-refractivity contribution in [3.05, 3.63) is 132 Å². The van der Waals surface area contributed by atoms with Gasteiger partial charge in [0.15, 0.2) is 0 Å². The summed E-state index contributed by atoms with van der Waals surface area (Å²) in [5.74, 6) is -0.517. The Hall–Kier alpha value is -4.48. The minimum atomic E-state index is -4.46. The zero-order valence-corrected chi connectivity index (χ0v) is 28.1. The molecule has 0 aliphatic heterocycles. The second kappa shape index (κ2) is 15.2. The van der Waals surface area contributed by atoms with Crippen LogP contribution < -0.4 is 14.2 Å². The Morgan fingerprint density at radius 2 is 1.26 bits per heavy atom. The smallest absolute Gasteiger partial charge is 0.431 e. The Morgan fingerprint density at radius 3 is 1.61 bits per heavy atom. The molecule has 0 aliphatic rings. The summed E-state index contributed by atoms with van der Waals surface area (Å²) >= 11 is 0. The predicted octanol–water partition coefficient (Wildman–Crippen LogP) is 5.43. The maximum absolute atomic E-state index is 13.0. The molecule has 0 aliphatic carbocycles. The molecule has 6 rings (SSSR count). The summed E-state index contributed by atoms with van der Waals surface area (Å²) in [6.45, 7) is 7.96. The number of aryl methyl sites for hydroxylation is 2. The molecule has 46 heavy (non-hydrogen) atoms. The van der Waals surface area contributed by atoms with Crippen LogP contribution in [0.25, 0.3) is 22.8 Å². The number of imidazole rings is 2. The van der Waals surface area contributed by atoms with Crippen LogP contribution in [-0.4, -0.2) is 19.2 Å². The number of pyridine rings is 1. The zero-order chi connectivity index (χ0) is 32.9. The van der Waals surface area contributed by atoms with E-state index < -0.39 is 11.9 Å². The van der Waals surface area contributed by atoms with Gasteiger partial charge in [-0.15, -0.1) is 24.3 Å². The van der Waals surface area contributed by atoms with E-state index in [1.807, 2.05) is 50.9 Å². The first-order valence-electron chi connectivity index (χ1n) is 13.5. The summed E-state index contributed by atoms with van der Waals surface area (Å²) in [6.07, 6.45) is 3.21. The van der Waals surface area contributed by atoms with Crippen LogP contribution in [-0.2, 0) is 40.4 Å². The number of alkyl halides is 3. The van der Waals surface area contributed by atoms with Gasteiger partial charge in [-0.3, -0.25) is 4.98 Å². The number of halogens is 5. The maximum atomic E-state index is 13.0. The largest absolute Gasteiger partial charge is 0.573 e. The molecule has 4 aromatic heterocycles. The molecular formula is C33H29F5IrN7-3. The Bertz CT molecular complexity index is 1800. The topological polar surface area (TPSA) is 57.5 Å². The van der Waals surface area contributed by atoms with Gasteiger partial charge in [0.05, 0.1) is 14.1 Å². The van der Waals surface area contributed by atoms with Crippen molar-refractivity contribution in [3.63, 3.8) is 0 Å². The van der Waals surface area contributed by atoms with Gasteiger partial charge in [-0.25, -0.2) is 8.78 Å². The van der Waals surface area contributed by atoms with Gasteiger partial charge in [-0.05, 0) is 45.9 Å². The summed E-state index contributed by atoms with van der Waals surface area (Å²) in [6, 6.07) is 20.6. The molecule has 0 saturated carbocycles. The molecule has 1 radical (unpaired) electrons. The van der Waals surface area contributed by atoms with Gasteiger partial charge >= 0.3 is 6.18 Å². The van der Waals surface area contributed by atoms with Crippen LogP contribution in [0.5, 0.6) is 0 Å². The Labute approximate surface area is 277 Å². The van der Waals surface area contributed by atoms with Crippen LogP contribution in [0.3, 0.4) is 0 Å². The molecule has 4 heterocycles. The van der Waals surface area contributed by atoms with Crippen molar-refractivity contribution in [1.29, 1.82) is 0 Å². The van der Waals surface area contributed by atoms with Crippen molar-refractivity contribution in [3.8, 4) is 22.8 Å². The zero-order valence-electron chi connectivity index (χ0n) is 25.7. The van der Waals surface area contributed by atoms with Gasteiger partial charge in [-0.1, -0.05) is 23.1 Å². The van der Waals surface area contributed by atoms with Crippen molar-refractivity contribution < 1.29 is 51.2 Å². The summed E-state index contributed by atoms with van der Waals surface area (Å²) in [5.41, 5.74) is 5.15. The molecule has 243 valence electrons. The Kier molecular flexibility index (Phi) is 11.9. The third-order valence-electron chi connectivity index (χ3n) is 6.96. The van der Waals surface area contributed by atoms with Gasteiger partial charge in [0.1, 0.15) is 5.69 Å². The number of hydrogen-bond donors (Lipinski definition) is 0. The standard InChI is InChI=1S/2C12H12FN2.C9H5F3N3.Ir/c2*1-9-10(2)15(8-14(9)3)12-6-4-5-11(13)7-12;10-9(11,12)8-5-7(14-15-8)6-3-1-2-4-13-6;/h2*4-5,7H,1-3H3;1-5H;/q3*-1;. The van der Waals surface area contributed by atoms with Crippen LogP contribution in [0, 0.1) is 64.1 Å². The predicted molar refractivity (Wildman–Crippen MR) is 154 cm³/mol. The van der Waals surface area contributed by atoms with Crippen molar-refractivity contribution in [2.24, 2.45) is 14.1 Å². The molecule has 0 atom stereocenters. The maximum Gasteiger partial charge on any atom is 0.431 e. The number of rotatable bonds is 3. The molecule has 0 N–H and O–H groups in total. The van der Waals surface area contributed by atoms with Gasteiger partial charge in [0, 0.05) is 66.4 Å². The molecular weight excluding hydrogens is 782 g/mol. The molecule has 2 aromatic carbocycles. The normalized spacial score (nSPS) is 10.8. The second-order valence-electron chi connectivity index (χ2n) is 9.94. The molecule has 0 unspecified atom stereocenters. The monoisotopic (exact) mass is 811 g/mol. The van der Waals surface area contributed by atoms with E-state index in [0.717, 1.165) is 28.8 Å². The van der Waals surface area contributed by atoms with Gasteiger partial charge in [0.25, 0.3) is 0 Å². The molecule has 0 amide bonds. The number of nitrogens with zero attached hydrogens (tertiary/aromatic N) is 7. The molecule has 13 heteroatoms. The van der Waals surface area contributed by atoms with E-state index in [0.29, 0.717) is 17.1 Å². The summed E-state index contributed by atoms with van der Waals surface area (Å²) in [7, 11) is 3.83. The van der Waals surface area contributed by atoms with E-state index in [-0.39, 0.29) is 37.4 Å². The van der Waals surface area contributed by atoms with E-state index in [9.17, 15) is 22.0 Å². The van der Waals surface area contributed by atoms with Crippen LogP contribution in [0.2, 0.25) is 0 Å². The Morgan fingerprint density at radius 1 is 0.761 bits per heavy atom. The van der Waals surface area contributed by atoms with E-state index in [2.05, 4.69) is 40.0 Å². The minimum absolute atomic E-state index is 0. The number of aromatic nitrogens is 7. The average Bonchev–Trinajstić information content (AvgIpc) is 3.69. The van der Waals surface area contributed by atoms with Crippen molar-refractivity contribution >= 4 is 0 Å². The minimum Gasteiger partial charge on any atom is -0.573 e. The third-order valence-corrected chi connectivity index (χ3v) is 6.96. The fourth-order valence-corrected chi connectivity index (χ4v) is 4.06. The van der Waals surface area contributed by atoms with Crippen LogP contribution in [0.1, 0.15) is 28.5 Å². The van der Waals surface area contributed by atoms with E-state index >= 15 is 0 Å². The quantitative estimate of drug-likeness (QED) is 0.136. The van der Waals surface area contributed by atoms with E-state index in [4.69, 9.17) is 0 Å². The SMILES string of the molecule is Cc1c(C)[n+](C)[c-]n1-c1[c-]ccc(F)c1.Cc1c(C)[n+](C)[c-]n1-c1[c-]ccc(F)c1.FC(F)(F)c1cc(-c2ccccn2)[n-]n1.[Ir]. The van der Waals surface area contributed by atoms with E-state index in [1.165, 1.54) is 30.5 Å². The summed E-state index contributed by atoms with van der Waals surface area (Å²) in [4.78, 5) is 3.87. The molecule has 0 fully saturated rings. The fraction of sp³-hybridized carbons (Fsp3) is 0.212. The number of hydrogen-bond acceptors (Lipinski definition) is 2. The summed E-state index contributed by atoms with van der Waals surface area (Å²) in [5, 5.41) is 6.47. The van der Waals surface area contributed by atoms with Crippen LogP contribution >= 0.6 is 0 Å².